The smallest absolute Gasteiger partial charge is 0.182 e. The van der Waals surface area contributed by atoms with Crippen LogP contribution in [-0.2, 0) is 25.5 Å². The van der Waals surface area contributed by atoms with Crippen molar-refractivity contribution in [3.05, 3.63) is 229 Å². The molecule has 0 spiro atoms. The van der Waals surface area contributed by atoms with Crippen molar-refractivity contribution in [3.63, 3.8) is 0 Å². The van der Waals surface area contributed by atoms with Crippen LogP contribution in [0.1, 0.15) is 33.2 Å². The van der Waals surface area contributed by atoms with Crippen LogP contribution >= 0.6 is 0 Å². The molecule has 11 aromatic rings. The Labute approximate surface area is 377 Å². The van der Waals surface area contributed by atoms with Gasteiger partial charge in [-0.05, 0) is 88.7 Å². The van der Waals surface area contributed by atoms with E-state index in [0.29, 0.717) is 50.6 Å². The van der Waals surface area contributed by atoms with E-state index in [1.807, 2.05) is 150 Å². The van der Waals surface area contributed by atoms with Crippen molar-refractivity contribution < 1.29 is 11.0 Å². The number of aromatic nitrogens is 6. The molecular formula is C57H42N6. The number of para-hydroxylation sites is 1. The number of aryl methyl sites for hydroxylation is 4. The molecule has 0 amide bonds. The van der Waals surface area contributed by atoms with Crippen molar-refractivity contribution in [2.75, 3.05) is 0 Å². The molecule has 0 saturated carbocycles. The summed E-state index contributed by atoms with van der Waals surface area (Å²) in [7, 11) is 0. The van der Waals surface area contributed by atoms with Crippen molar-refractivity contribution in [2.45, 2.75) is 25.5 Å². The summed E-state index contributed by atoms with van der Waals surface area (Å²) in [6.07, 6.45) is -6.62. The van der Waals surface area contributed by atoms with E-state index in [9.17, 15) is 11.0 Å². The first-order valence-corrected chi connectivity index (χ1v) is 20.6. The van der Waals surface area contributed by atoms with Gasteiger partial charge in [-0.2, -0.15) is 0 Å². The van der Waals surface area contributed by atoms with Crippen LogP contribution < -0.4 is 0 Å². The lowest BCUT2D eigenvalue weighted by Gasteiger charge is -2.15. The topological polar surface area (TPSA) is 68.9 Å². The summed E-state index contributed by atoms with van der Waals surface area (Å²) < 4.78 is 78.1. The summed E-state index contributed by atoms with van der Waals surface area (Å²) in [5, 5.41) is 6.56. The highest BCUT2D eigenvalue weighted by molar-refractivity contribution is 6.10. The predicted molar refractivity (Wildman–Crippen MR) is 256 cm³/mol. The van der Waals surface area contributed by atoms with E-state index in [4.69, 9.17) is 15.1 Å². The van der Waals surface area contributed by atoms with Crippen molar-refractivity contribution >= 4 is 27.5 Å². The molecule has 6 nitrogen and oxygen atoms in total. The van der Waals surface area contributed by atoms with Gasteiger partial charge in [0.25, 0.3) is 0 Å². The maximum absolute atomic E-state index is 9.64. The number of hydrogen-bond donors (Lipinski definition) is 0. The van der Waals surface area contributed by atoms with Gasteiger partial charge in [0, 0.05) is 62.6 Å². The Balaban J connectivity index is 1.07. The highest BCUT2D eigenvalue weighted by Gasteiger charge is 2.18. The van der Waals surface area contributed by atoms with Gasteiger partial charge in [-0.15, -0.1) is 5.10 Å². The zero-order chi connectivity index (χ0) is 49.1. The molecule has 5 heterocycles. The van der Waals surface area contributed by atoms with Crippen molar-refractivity contribution in [3.8, 4) is 56.2 Å². The van der Waals surface area contributed by atoms with Crippen molar-refractivity contribution in [1.29, 1.82) is 0 Å². The van der Waals surface area contributed by atoms with Crippen LogP contribution in [0.2, 0.25) is 0 Å². The van der Waals surface area contributed by atoms with Gasteiger partial charge in [0.05, 0.1) is 22.4 Å². The quantitative estimate of drug-likeness (QED) is 0.122. The maximum atomic E-state index is 9.64. The molecule has 6 aromatic carbocycles. The average Bonchev–Trinajstić information content (AvgIpc) is 3.88. The van der Waals surface area contributed by atoms with Gasteiger partial charge >= 0.3 is 0 Å². The number of pyridine rings is 4. The number of rotatable bonds is 11. The summed E-state index contributed by atoms with van der Waals surface area (Å²) in [5.41, 5.74) is 7.59. The molecule has 0 bridgehead atoms. The second kappa shape index (κ2) is 16.8. The summed E-state index contributed by atoms with van der Waals surface area (Å²) in [6, 6.07) is 56.4. The Kier molecular flexibility index (Phi) is 7.98. The third-order valence-electron chi connectivity index (χ3n) is 11.0. The van der Waals surface area contributed by atoms with Crippen LogP contribution in [0.5, 0.6) is 0 Å². The zero-order valence-electron chi connectivity index (χ0n) is 41.8. The van der Waals surface area contributed by atoms with Gasteiger partial charge in [0.15, 0.2) is 11.5 Å². The van der Waals surface area contributed by atoms with E-state index in [1.54, 1.807) is 18.3 Å². The third kappa shape index (κ3) is 7.75. The van der Waals surface area contributed by atoms with Gasteiger partial charge in [-0.25, -0.2) is 9.50 Å². The van der Waals surface area contributed by atoms with Gasteiger partial charge < -0.3 is 0 Å². The molecule has 6 heteroatoms. The van der Waals surface area contributed by atoms with E-state index in [-0.39, 0.29) is 22.3 Å². The maximum Gasteiger partial charge on any atom is 0.182 e. The first-order chi connectivity index (χ1) is 34.2. The highest BCUT2D eigenvalue weighted by Crippen LogP contribution is 2.37. The Hall–Kier alpha value is -8.09. The van der Waals surface area contributed by atoms with Crippen LogP contribution in [0.25, 0.3) is 83.6 Å². The summed E-state index contributed by atoms with van der Waals surface area (Å²) in [5.74, 6) is 0.549. The van der Waals surface area contributed by atoms with Gasteiger partial charge in [-0.1, -0.05) is 164 Å². The third-order valence-corrected chi connectivity index (χ3v) is 11.0. The fourth-order valence-electron chi connectivity index (χ4n) is 7.92. The Morgan fingerprint density at radius 3 is 1.51 bits per heavy atom. The van der Waals surface area contributed by atoms with E-state index < -0.39 is 25.5 Å². The first kappa shape index (κ1) is 30.0. The number of nitrogens with zero attached hydrogens (tertiary/aromatic N) is 6. The van der Waals surface area contributed by atoms with Gasteiger partial charge in [0.1, 0.15) is 0 Å². The van der Waals surface area contributed by atoms with Gasteiger partial charge in [-0.3, -0.25) is 15.0 Å². The normalized spacial score (nSPS) is 14.2. The SMILES string of the molecule is [2H]C([2H])(c1ccc(-c2ccccc2)nc1)C([2H])([2H])c1cc(-c2ccccc2-c2cnc3c4ccccc4n4nc(-c5ccccc5)nc4c3c2)cc(C([2H])([2H])C([2H])([2H])c2ccc(-c3ccccc3)nc2)c1. The highest BCUT2D eigenvalue weighted by atomic mass is 15.3. The molecule has 0 atom stereocenters. The number of benzene rings is 6. The van der Waals surface area contributed by atoms with Gasteiger partial charge in [0.2, 0.25) is 0 Å². The van der Waals surface area contributed by atoms with Crippen LogP contribution in [0.15, 0.2) is 207 Å². The molecule has 0 fully saturated rings. The van der Waals surface area contributed by atoms with E-state index in [2.05, 4.69) is 9.97 Å². The zero-order valence-corrected chi connectivity index (χ0v) is 33.8. The molecule has 0 radical (unpaired) electrons. The van der Waals surface area contributed by atoms with Crippen LogP contribution in [0, 0.1) is 0 Å². The lowest BCUT2D eigenvalue weighted by Crippen LogP contribution is -1.99. The number of fused-ring (bicyclic) bond motifs is 6. The predicted octanol–water partition coefficient (Wildman–Crippen LogP) is 13.1. The Morgan fingerprint density at radius 2 is 0.921 bits per heavy atom. The summed E-state index contributed by atoms with van der Waals surface area (Å²) in [4.78, 5) is 19.1. The molecule has 63 heavy (non-hydrogen) atoms. The largest absolute Gasteiger partial charge is 0.256 e. The lowest BCUT2D eigenvalue weighted by molar-refractivity contribution is 0.923. The molecule has 5 aromatic heterocycles. The van der Waals surface area contributed by atoms with Crippen molar-refractivity contribution in [1.82, 2.24) is 29.5 Å². The minimum atomic E-state index is -2.81. The first-order valence-electron chi connectivity index (χ1n) is 24.6. The average molecular weight is 819 g/mol. The fraction of sp³-hybridized carbons (Fsp3) is 0.0702. The summed E-state index contributed by atoms with van der Waals surface area (Å²) in [6.45, 7) is 0. The molecule has 11 rings (SSSR count). The fourth-order valence-corrected chi connectivity index (χ4v) is 7.92. The molecule has 0 aliphatic heterocycles. The molecule has 0 aliphatic carbocycles. The van der Waals surface area contributed by atoms with Crippen molar-refractivity contribution in [2.24, 2.45) is 0 Å². The Morgan fingerprint density at radius 1 is 0.397 bits per heavy atom. The minimum absolute atomic E-state index is 0.0255. The molecular weight excluding hydrogens is 769 g/mol. The molecule has 0 saturated heterocycles. The molecule has 0 unspecified atom stereocenters. The van der Waals surface area contributed by atoms with Crippen LogP contribution in [0.4, 0.5) is 0 Å². The molecule has 0 aliphatic rings. The second-order valence-corrected chi connectivity index (χ2v) is 15.1. The van der Waals surface area contributed by atoms with Crippen LogP contribution in [-0.4, -0.2) is 29.5 Å². The molecule has 0 N–H and O–H groups in total. The second-order valence-electron chi connectivity index (χ2n) is 15.1. The van der Waals surface area contributed by atoms with E-state index >= 15 is 0 Å². The van der Waals surface area contributed by atoms with E-state index in [1.165, 1.54) is 42.7 Å². The minimum Gasteiger partial charge on any atom is -0.256 e. The lowest BCUT2D eigenvalue weighted by atomic mass is 9.90. The van der Waals surface area contributed by atoms with E-state index in [0.717, 1.165) is 33.0 Å². The summed E-state index contributed by atoms with van der Waals surface area (Å²) >= 11 is 0. The Bertz CT molecular complexity index is 3630. The monoisotopic (exact) mass is 818 g/mol. The van der Waals surface area contributed by atoms with Crippen LogP contribution in [0.3, 0.4) is 0 Å². The molecule has 300 valence electrons. The standard InChI is InChI=1S/C57H42N6/c1-4-14-43(15-5-1)52-30-28-39(36-58-52)24-26-41-32-42(27-25-40-29-31-53(59-37-40)44-16-6-2-7-17-44)34-46(33-41)48-20-10-11-21-49(48)47-35-51-55(60-38-47)50-22-12-13-23-54(50)63-57(51)61-56(62-63)45-18-8-3-9-19-45/h1-23,28-38H,24-27H2/i24D2,25D2,26D2,27D2. The number of hydrogen-bond acceptors (Lipinski definition) is 5.